The van der Waals surface area contributed by atoms with Crippen LogP contribution in [0.2, 0.25) is 0 Å². The van der Waals surface area contributed by atoms with Gasteiger partial charge in [0.15, 0.2) is 29.0 Å². The Kier molecular flexibility index (Phi) is 11.1. The molecule has 4 N–H and O–H groups in total. The molecule has 3 rings (SSSR count). The number of nitrogens with one attached hydrogen (secondary N) is 2. The summed E-state index contributed by atoms with van der Waals surface area (Å²) in [6.07, 6.45) is -3.48. The van der Waals surface area contributed by atoms with Gasteiger partial charge in [0.1, 0.15) is 23.9 Å². The second-order valence-electron chi connectivity index (χ2n) is 11.2. The second kappa shape index (κ2) is 14.2. The average molecular weight is 645 g/mol. The highest BCUT2D eigenvalue weighted by Crippen LogP contribution is 2.27. The van der Waals surface area contributed by atoms with E-state index in [1.165, 1.54) is 33.2 Å². The molecule has 11 nitrogen and oxygen atoms in total. The van der Waals surface area contributed by atoms with E-state index in [1.807, 2.05) is 0 Å². The number of esters is 1. The van der Waals surface area contributed by atoms with Crippen molar-refractivity contribution >= 4 is 23.7 Å². The van der Waals surface area contributed by atoms with Gasteiger partial charge in [0, 0.05) is 25.2 Å². The van der Waals surface area contributed by atoms with Gasteiger partial charge in [-0.05, 0) is 31.4 Å². The fourth-order valence-electron chi connectivity index (χ4n) is 4.91. The molecule has 0 radical (unpaired) electrons. The quantitative estimate of drug-likeness (QED) is 0.161. The number of likely N-dealkylation sites (N-methyl/N-ethyl adjacent to an activating group) is 1. The Morgan fingerprint density at radius 3 is 2.20 bits per heavy atom. The van der Waals surface area contributed by atoms with Crippen LogP contribution >= 0.6 is 0 Å². The van der Waals surface area contributed by atoms with Crippen LogP contribution < -0.4 is 10.6 Å². The first kappa shape index (κ1) is 35.1. The molecule has 1 aliphatic rings. The molecule has 1 unspecified atom stereocenters. The summed E-state index contributed by atoms with van der Waals surface area (Å²) >= 11 is 0. The predicted octanol–water partition coefficient (Wildman–Crippen LogP) is 2.12. The number of carbonyl (C=O) groups is 4. The van der Waals surface area contributed by atoms with Crippen LogP contribution in [0, 0.1) is 40.9 Å². The molecule has 1 aromatic heterocycles. The summed E-state index contributed by atoms with van der Waals surface area (Å²) in [6.45, 7) is 5.88. The van der Waals surface area contributed by atoms with E-state index >= 15 is 0 Å². The number of hydrogen-bond donors (Lipinski definition) is 4. The van der Waals surface area contributed by atoms with Crippen LogP contribution in [0.25, 0.3) is 0 Å². The van der Waals surface area contributed by atoms with Gasteiger partial charge in [-0.1, -0.05) is 20.8 Å². The lowest BCUT2D eigenvalue weighted by Crippen LogP contribution is -2.61. The number of halogens is 5. The van der Waals surface area contributed by atoms with Crippen molar-refractivity contribution in [2.75, 3.05) is 7.05 Å². The van der Waals surface area contributed by atoms with E-state index in [0.717, 1.165) is 11.0 Å². The molecule has 2 heterocycles. The van der Waals surface area contributed by atoms with E-state index < -0.39 is 112 Å². The van der Waals surface area contributed by atoms with Crippen molar-refractivity contribution in [1.29, 1.82) is 0 Å². The van der Waals surface area contributed by atoms with E-state index in [0.29, 0.717) is 0 Å². The number of aromatic hydroxyl groups is 1. The molecule has 1 fully saturated rings. The van der Waals surface area contributed by atoms with Gasteiger partial charge < -0.3 is 30.5 Å². The molecule has 6 atom stereocenters. The Hall–Kier alpha value is -4.34. The molecule has 1 aliphatic heterocycles. The first-order chi connectivity index (χ1) is 21.0. The molecule has 1 aromatic carbocycles. The number of aliphatic hydroxyl groups excluding tert-OH is 1. The maximum absolute atomic E-state index is 14.7. The van der Waals surface area contributed by atoms with Crippen LogP contribution in [-0.2, 0) is 25.5 Å². The van der Waals surface area contributed by atoms with Crippen LogP contribution in [0.15, 0.2) is 18.3 Å². The molecule has 0 saturated carbocycles. The normalized spacial score (nSPS) is 24.9. The third-order valence-electron chi connectivity index (χ3n) is 7.49. The molecule has 0 aliphatic carbocycles. The molecule has 2 aromatic rings. The third-order valence-corrected chi connectivity index (χ3v) is 7.49. The first-order valence-electron chi connectivity index (χ1n) is 13.9. The molecular formula is C29H33F5N4O7. The number of ether oxygens (including phenoxy) is 1. The summed E-state index contributed by atoms with van der Waals surface area (Å²) in [4.78, 5) is 58.0. The van der Waals surface area contributed by atoms with Crippen LogP contribution in [0.4, 0.5) is 22.0 Å². The van der Waals surface area contributed by atoms with Gasteiger partial charge in [0.05, 0.1) is 18.1 Å². The minimum atomic E-state index is -2.42. The number of carbonyl (C=O) groups excluding carboxylic acids is 4. The minimum absolute atomic E-state index is 0.0651. The highest BCUT2D eigenvalue weighted by atomic mass is 19.2. The van der Waals surface area contributed by atoms with E-state index in [9.17, 15) is 51.3 Å². The summed E-state index contributed by atoms with van der Waals surface area (Å²) in [6, 6.07) is -2.50. The standard InChI is InChI=1S/C29H33F5N4O7/c1-11(2)9-16-29(44)45-13(4)23(37-27(42)24-17(39)7-6-8-35-24)26(41)36-15(25(40)12(3)28(43)38(16)5)10-14-18(30)20(32)22(34)21(33)19(14)31/h6-8,11-13,15-16,23,25,39-40H,9-10H2,1-5H3,(H,36,41)(H,37,42)/t12-,13-,15+,16?,23+,25+/m1/s1. The summed E-state index contributed by atoms with van der Waals surface area (Å²) in [5.74, 6) is -17.8. The van der Waals surface area contributed by atoms with Crippen LogP contribution in [-0.4, -0.2) is 81.2 Å². The predicted molar refractivity (Wildman–Crippen MR) is 146 cm³/mol. The Morgan fingerprint density at radius 2 is 1.64 bits per heavy atom. The lowest BCUT2D eigenvalue weighted by atomic mass is 9.90. The van der Waals surface area contributed by atoms with Gasteiger partial charge in [-0.25, -0.2) is 31.7 Å². The lowest BCUT2D eigenvalue weighted by Gasteiger charge is -2.36. The topological polar surface area (TPSA) is 158 Å². The maximum atomic E-state index is 14.7. The monoisotopic (exact) mass is 644 g/mol. The number of cyclic esters (lactones) is 1. The van der Waals surface area contributed by atoms with Gasteiger partial charge in [-0.3, -0.25) is 14.4 Å². The van der Waals surface area contributed by atoms with Crippen LogP contribution in [0.1, 0.15) is 50.2 Å². The highest BCUT2D eigenvalue weighted by Gasteiger charge is 2.42. The number of pyridine rings is 1. The zero-order chi connectivity index (χ0) is 33.9. The Labute approximate surface area is 254 Å². The SMILES string of the molecule is CC(C)CC1C(=O)O[C@H](C)[C@H](NC(=O)c2ncccc2O)C(=O)N[C@@H](Cc2c(F)c(F)c(F)c(F)c2F)[C@@H](O)[C@@H](C)C(=O)N1C. The molecule has 246 valence electrons. The fourth-order valence-corrected chi connectivity index (χ4v) is 4.91. The summed E-state index contributed by atoms with van der Waals surface area (Å²) in [5, 5.41) is 25.7. The van der Waals surface area contributed by atoms with Crippen molar-refractivity contribution < 1.29 is 56.1 Å². The number of amides is 3. The van der Waals surface area contributed by atoms with Gasteiger partial charge in [-0.2, -0.15) is 0 Å². The Balaban J connectivity index is 2.14. The largest absolute Gasteiger partial charge is 0.505 e. The maximum Gasteiger partial charge on any atom is 0.329 e. The number of nitrogens with zero attached hydrogens (tertiary/aromatic N) is 2. The van der Waals surface area contributed by atoms with Crippen LogP contribution in [0.3, 0.4) is 0 Å². The Bertz CT molecular complexity index is 1450. The number of rotatable bonds is 6. The van der Waals surface area contributed by atoms with Gasteiger partial charge in [0.25, 0.3) is 5.91 Å². The number of aromatic nitrogens is 1. The summed E-state index contributed by atoms with van der Waals surface area (Å²) < 4.78 is 76.6. The first-order valence-corrected chi connectivity index (χ1v) is 13.9. The molecule has 16 heteroatoms. The molecule has 45 heavy (non-hydrogen) atoms. The van der Waals surface area contributed by atoms with E-state index in [2.05, 4.69) is 15.6 Å². The molecular weight excluding hydrogens is 611 g/mol. The number of hydrogen-bond acceptors (Lipinski definition) is 8. The zero-order valence-corrected chi connectivity index (χ0v) is 24.9. The van der Waals surface area contributed by atoms with Crippen molar-refractivity contribution in [3.05, 3.63) is 58.7 Å². The molecule has 1 saturated heterocycles. The van der Waals surface area contributed by atoms with E-state index in [4.69, 9.17) is 4.74 Å². The molecule has 0 bridgehead atoms. The zero-order valence-electron chi connectivity index (χ0n) is 24.9. The van der Waals surface area contributed by atoms with Crippen molar-refractivity contribution in [2.24, 2.45) is 11.8 Å². The van der Waals surface area contributed by atoms with Crippen molar-refractivity contribution in [3.8, 4) is 5.75 Å². The Morgan fingerprint density at radius 1 is 1.07 bits per heavy atom. The number of benzene rings is 1. The van der Waals surface area contributed by atoms with Crippen molar-refractivity contribution in [2.45, 2.75) is 70.9 Å². The number of aliphatic hydroxyl groups is 1. The molecule has 0 spiro atoms. The summed E-state index contributed by atoms with van der Waals surface area (Å²) in [5.41, 5.74) is -1.91. The third kappa shape index (κ3) is 7.49. The average Bonchev–Trinajstić information content (AvgIpc) is 2.99. The van der Waals surface area contributed by atoms with Gasteiger partial charge >= 0.3 is 5.97 Å². The van der Waals surface area contributed by atoms with Gasteiger partial charge in [0.2, 0.25) is 17.6 Å². The highest BCUT2D eigenvalue weighted by molar-refractivity contribution is 5.98. The minimum Gasteiger partial charge on any atom is -0.505 e. The fraction of sp³-hybridized carbons (Fsp3) is 0.483. The molecule has 3 amide bonds. The van der Waals surface area contributed by atoms with Gasteiger partial charge in [-0.15, -0.1) is 0 Å². The van der Waals surface area contributed by atoms with E-state index in [-0.39, 0.29) is 12.3 Å². The summed E-state index contributed by atoms with van der Waals surface area (Å²) in [7, 11) is 1.25. The van der Waals surface area contributed by atoms with Crippen LogP contribution in [0.5, 0.6) is 5.75 Å². The lowest BCUT2D eigenvalue weighted by molar-refractivity contribution is -0.163. The smallest absolute Gasteiger partial charge is 0.329 e. The van der Waals surface area contributed by atoms with Crippen molar-refractivity contribution in [1.82, 2.24) is 20.5 Å². The van der Waals surface area contributed by atoms with Crippen molar-refractivity contribution in [3.63, 3.8) is 0 Å². The van der Waals surface area contributed by atoms with E-state index in [1.54, 1.807) is 13.8 Å². The second-order valence-corrected chi connectivity index (χ2v) is 11.2.